The standard InChI is InChI=1S/C17H18N6O2/c24-23(25)14-7-5-12(6-8-14)9-18-16-15-17(20-10-19-16)22(11-21-15)13-3-1-2-4-13/h5-8,10-11,13H,1-4,9H2,(H,18,19,20). The van der Waals surface area contributed by atoms with E-state index in [-0.39, 0.29) is 5.69 Å². The van der Waals surface area contributed by atoms with E-state index in [2.05, 4.69) is 24.8 Å². The minimum atomic E-state index is -0.402. The van der Waals surface area contributed by atoms with Gasteiger partial charge in [0.1, 0.15) is 11.8 Å². The average molecular weight is 338 g/mol. The maximum Gasteiger partial charge on any atom is 0.269 e. The van der Waals surface area contributed by atoms with Crippen LogP contribution in [0.1, 0.15) is 37.3 Å². The number of imidazole rings is 1. The number of nitro groups is 1. The van der Waals surface area contributed by atoms with Crippen molar-refractivity contribution in [3.63, 3.8) is 0 Å². The van der Waals surface area contributed by atoms with Gasteiger partial charge in [0.25, 0.3) is 5.69 Å². The zero-order chi connectivity index (χ0) is 17.2. The molecule has 8 nitrogen and oxygen atoms in total. The molecule has 4 rings (SSSR count). The molecule has 2 aromatic heterocycles. The quantitative estimate of drug-likeness (QED) is 0.565. The summed E-state index contributed by atoms with van der Waals surface area (Å²) in [7, 11) is 0. The minimum Gasteiger partial charge on any atom is -0.364 e. The summed E-state index contributed by atoms with van der Waals surface area (Å²) in [6.07, 6.45) is 8.24. The Morgan fingerprint density at radius 1 is 1.16 bits per heavy atom. The van der Waals surface area contributed by atoms with Gasteiger partial charge in [-0.05, 0) is 18.4 Å². The minimum absolute atomic E-state index is 0.0866. The second-order valence-corrected chi connectivity index (χ2v) is 6.26. The van der Waals surface area contributed by atoms with E-state index in [9.17, 15) is 10.1 Å². The molecule has 0 saturated heterocycles. The first-order valence-electron chi connectivity index (χ1n) is 8.37. The van der Waals surface area contributed by atoms with Gasteiger partial charge in [0.15, 0.2) is 11.5 Å². The number of nitrogens with zero attached hydrogens (tertiary/aromatic N) is 5. The normalized spacial score (nSPS) is 14.9. The van der Waals surface area contributed by atoms with Gasteiger partial charge < -0.3 is 9.88 Å². The lowest BCUT2D eigenvalue weighted by Crippen LogP contribution is -2.06. The van der Waals surface area contributed by atoms with E-state index < -0.39 is 4.92 Å². The summed E-state index contributed by atoms with van der Waals surface area (Å²) in [4.78, 5) is 23.5. The first-order chi connectivity index (χ1) is 12.2. The highest BCUT2D eigenvalue weighted by Crippen LogP contribution is 2.32. The number of aromatic nitrogens is 4. The van der Waals surface area contributed by atoms with Crippen molar-refractivity contribution in [3.8, 4) is 0 Å². The molecular formula is C17H18N6O2. The highest BCUT2D eigenvalue weighted by atomic mass is 16.6. The first-order valence-corrected chi connectivity index (χ1v) is 8.37. The van der Waals surface area contributed by atoms with E-state index in [1.54, 1.807) is 18.5 Å². The van der Waals surface area contributed by atoms with Crippen LogP contribution in [0.4, 0.5) is 11.5 Å². The van der Waals surface area contributed by atoms with Crippen LogP contribution in [0.15, 0.2) is 36.9 Å². The zero-order valence-electron chi connectivity index (χ0n) is 13.6. The topological polar surface area (TPSA) is 98.8 Å². The molecule has 1 saturated carbocycles. The number of anilines is 1. The van der Waals surface area contributed by atoms with Crippen molar-refractivity contribution in [1.82, 2.24) is 19.5 Å². The zero-order valence-corrected chi connectivity index (χ0v) is 13.6. The molecule has 1 aromatic carbocycles. The molecule has 8 heteroatoms. The molecule has 1 aliphatic rings. The maximum absolute atomic E-state index is 10.7. The summed E-state index contributed by atoms with van der Waals surface area (Å²) in [6.45, 7) is 0.514. The van der Waals surface area contributed by atoms with Crippen LogP contribution in [0.2, 0.25) is 0 Å². The van der Waals surface area contributed by atoms with Gasteiger partial charge in [-0.3, -0.25) is 10.1 Å². The van der Waals surface area contributed by atoms with Crippen molar-refractivity contribution in [1.29, 1.82) is 0 Å². The van der Waals surface area contributed by atoms with Gasteiger partial charge in [0.2, 0.25) is 0 Å². The lowest BCUT2D eigenvalue weighted by Gasteiger charge is -2.11. The van der Waals surface area contributed by atoms with Crippen molar-refractivity contribution in [2.75, 3.05) is 5.32 Å². The van der Waals surface area contributed by atoms with Gasteiger partial charge in [0, 0.05) is 24.7 Å². The number of non-ortho nitro benzene ring substituents is 1. The smallest absolute Gasteiger partial charge is 0.269 e. The number of hydrogen-bond acceptors (Lipinski definition) is 6. The molecule has 2 heterocycles. The fourth-order valence-electron chi connectivity index (χ4n) is 3.35. The van der Waals surface area contributed by atoms with Crippen LogP contribution in [-0.2, 0) is 6.54 Å². The Kier molecular flexibility index (Phi) is 4.01. The van der Waals surface area contributed by atoms with Crippen molar-refractivity contribution in [2.45, 2.75) is 38.3 Å². The summed E-state index contributed by atoms with van der Waals surface area (Å²) >= 11 is 0. The molecule has 3 aromatic rings. The Labute approximate surface area is 144 Å². The highest BCUT2D eigenvalue weighted by molar-refractivity contribution is 5.82. The summed E-state index contributed by atoms with van der Waals surface area (Å²) in [5.41, 5.74) is 2.64. The summed E-state index contributed by atoms with van der Waals surface area (Å²) in [6, 6.07) is 6.95. The molecule has 0 radical (unpaired) electrons. The molecule has 128 valence electrons. The average Bonchev–Trinajstić information content (AvgIpc) is 3.29. The van der Waals surface area contributed by atoms with Crippen LogP contribution in [0.25, 0.3) is 11.2 Å². The number of hydrogen-bond donors (Lipinski definition) is 1. The Hall–Kier alpha value is -3.03. The maximum atomic E-state index is 10.7. The molecule has 0 atom stereocenters. The third-order valence-electron chi connectivity index (χ3n) is 4.68. The van der Waals surface area contributed by atoms with Crippen molar-refractivity contribution < 1.29 is 4.92 Å². The van der Waals surface area contributed by atoms with Gasteiger partial charge in [0.05, 0.1) is 11.3 Å². The van der Waals surface area contributed by atoms with E-state index in [0.717, 1.165) is 16.7 Å². The van der Waals surface area contributed by atoms with Crippen molar-refractivity contribution in [2.24, 2.45) is 0 Å². The van der Waals surface area contributed by atoms with Crippen molar-refractivity contribution in [3.05, 3.63) is 52.6 Å². The third-order valence-corrected chi connectivity index (χ3v) is 4.68. The molecule has 1 N–H and O–H groups in total. The number of nitro benzene ring substituents is 1. The summed E-state index contributed by atoms with van der Waals surface area (Å²) in [5.74, 6) is 0.681. The molecular weight excluding hydrogens is 320 g/mol. The number of rotatable bonds is 5. The second kappa shape index (κ2) is 6.46. The monoisotopic (exact) mass is 338 g/mol. The van der Waals surface area contributed by atoms with E-state index in [1.807, 2.05) is 6.33 Å². The predicted molar refractivity (Wildman–Crippen MR) is 93.3 cm³/mol. The number of benzene rings is 1. The molecule has 0 aliphatic heterocycles. The van der Waals surface area contributed by atoms with Crippen LogP contribution in [0.5, 0.6) is 0 Å². The fraction of sp³-hybridized carbons (Fsp3) is 0.353. The lowest BCUT2D eigenvalue weighted by atomic mass is 10.2. The predicted octanol–water partition coefficient (Wildman–Crippen LogP) is 3.46. The van der Waals surface area contributed by atoms with Gasteiger partial charge in [-0.15, -0.1) is 0 Å². The van der Waals surface area contributed by atoms with E-state index in [4.69, 9.17) is 0 Å². The highest BCUT2D eigenvalue weighted by Gasteiger charge is 2.20. The molecule has 25 heavy (non-hydrogen) atoms. The molecule has 0 bridgehead atoms. The molecule has 1 aliphatic carbocycles. The Morgan fingerprint density at radius 3 is 2.64 bits per heavy atom. The van der Waals surface area contributed by atoms with E-state index >= 15 is 0 Å². The van der Waals surface area contributed by atoms with Crippen LogP contribution in [0.3, 0.4) is 0 Å². The number of nitrogens with one attached hydrogen (secondary N) is 1. The summed E-state index contributed by atoms with van der Waals surface area (Å²) < 4.78 is 2.15. The molecule has 1 fully saturated rings. The van der Waals surface area contributed by atoms with Gasteiger partial charge in [-0.1, -0.05) is 25.0 Å². The Bertz CT molecular complexity index is 899. The van der Waals surface area contributed by atoms with Gasteiger partial charge in [-0.2, -0.15) is 0 Å². The van der Waals surface area contributed by atoms with Crippen LogP contribution >= 0.6 is 0 Å². The Balaban J connectivity index is 1.54. The second-order valence-electron chi connectivity index (χ2n) is 6.26. The lowest BCUT2D eigenvalue weighted by molar-refractivity contribution is -0.384. The molecule has 0 spiro atoms. The van der Waals surface area contributed by atoms with Crippen LogP contribution < -0.4 is 5.32 Å². The largest absolute Gasteiger partial charge is 0.364 e. The summed E-state index contributed by atoms with van der Waals surface area (Å²) in [5, 5.41) is 14.0. The van der Waals surface area contributed by atoms with Crippen LogP contribution in [-0.4, -0.2) is 24.4 Å². The van der Waals surface area contributed by atoms with Gasteiger partial charge in [-0.25, -0.2) is 15.0 Å². The van der Waals surface area contributed by atoms with Crippen molar-refractivity contribution >= 4 is 22.7 Å². The number of fused-ring (bicyclic) bond motifs is 1. The van der Waals surface area contributed by atoms with Crippen LogP contribution in [0, 0.1) is 10.1 Å². The Morgan fingerprint density at radius 2 is 1.92 bits per heavy atom. The molecule has 0 unspecified atom stereocenters. The molecule has 0 amide bonds. The van der Waals surface area contributed by atoms with E-state index in [1.165, 1.54) is 37.8 Å². The fourth-order valence-corrected chi connectivity index (χ4v) is 3.35. The SMILES string of the molecule is O=[N+]([O-])c1ccc(CNc2ncnc3c2ncn3C2CCCC2)cc1. The van der Waals surface area contributed by atoms with Gasteiger partial charge >= 0.3 is 0 Å². The third kappa shape index (κ3) is 3.02. The first kappa shape index (κ1) is 15.5. The van der Waals surface area contributed by atoms with E-state index in [0.29, 0.717) is 18.4 Å².